The van der Waals surface area contributed by atoms with E-state index in [4.69, 9.17) is 0 Å². The van der Waals surface area contributed by atoms with Gasteiger partial charge in [-0.05, 0) is 36.3 Å². The van der Waals surface area contributed by atoms with Gasteiger partial charge in [-0.2, -0.15) is 0 Å². The van der Waals surface area contributed by atoms with Gasteiger partial charge in [0, 0.05) is 10.9 Å². The summed E-state index contributed by atoms with van der Waals surface area (Å²) in [6.07, 6.45) is 3.97. The van der Waals surface area contributed by atoms with Crippen molar-refractivity contribution in [2.24, 2.45) is 0 Å². The quantitative estimate of drug-likeness (QED) is 0.770. The third kappa shape index (κ3) is 4.23. The number of Topliss-reactive ketones (excluding diaryl/α,β-unsaturated/α-hetero) is 1. The molecule has 0 unspecified atom stereocenters. The van der Waals surface area contributed by atoms with Crippen molar-refractivity contribution in [1.29, 1.82) is 0 Å². The first kappa shape index (κ1) is 15.4. The molecule has 4 heteroatoms. The first-order valence-corrected chi connectivity index (χ1v) is 6.73. The molecule has 1 fully saturated rings. The van der Waals surface area contributed by atoms with Gasteiger partial charge in [-0.3, -0.25) is 4.79 Å². The highest BCUT2D eigenvalue weighted by Gasteiger charge is 2.25. The highest BCUT2D eigenvalue weighted by atomic mass is 79.9. The summed E-state index contributed by atoms with van der Waals surface area (Å²) >= 11 is 3.43. The molecule has 0 spiro atoms. The van der Waals surface area contributed by atoms with Crippen LogP contribution in [0.15, 0.2) is 34.3 Å². The number of carbonyl (C=O) groups excluding carboxylic acids is 1. The minimum Gasteiger partial charge on any atom is -1.00 e. The molecule has 0 saturated carbocycles. The Balaban J connectivity index is 0.00000162. The molecule has 2 nitrogen and oxygen atoms in total. The fraction of sp³-hybridized carbons (Fsp3) is 0.357. The van der Waals surface area contributed by atoms with E-state index in [0.717, 1.165) is 17.4 Å². The van der Waals surface area contributed by atoms with Crippen LogP contribution in [0.5, 0.6) is 0 Å². The van der Waals surface area contributed by atoms with E-state index >= 15 is 0 Å². The molecule has 1 aromatic rings. The van der Waals surface area contributed by atoms with Crippen LogP contribution in [0.3, 0.4) is 0 Å². The predicted octanol–water partition coefficient (Wildman–Crippen LogP) is -0.849. The molecule has 1 aliphatic heterocycles. The number of carbonyl (C=O) groups is 1. The van der Waals surface area contributed by atoms with Gasteiger partial charge in [0.15, 0.2) is 0 Å². The first-order valence-electron chi connectivity index (χ1n) is 5.94. The maximum absolute atomic E-state index is 11.2. The van der Waals surface area contributed by atoms with Crippen LogP contribution in [0.4, 0.5) is 0 Å². The minimum absolute atomic E-state index is 0. The summed E-state index contributed by atoms with van der Waals surface area (Å²) in [6.45, 7) is 2.77. The maximum Gasteiger partial charge on any atom is 0.136 e. The smallest absolute Gasteiger partial charge is 0.136 e. The lowest BCUT2D eigenvalue weighted by atomic mass is 10.0. The van der Waals surface area contributed by atoms with Gasteiger partial charge in [0.2, 0.25) is 0 Å². The Morgan fingerprint density at radius 2 is 2.11 bits per heavy atom. The SMILES string of the molecule is CC(=O)C[C@@H]1[NH2+]CC/C1=C\c1ccc(Br)cc1.[Cl-]. The third-order valence-electron chi connectivity index (χ3n) is 3.09. The van der Waals surface area contributed by atoms with Crippen molar-refractivity contribution >= 4 is 27.8 Å². The van der Waals surface area contributed by atoms with Gasteiger partial charge < -0.3 is 17.7 Å². The van der Waals surface area contributed by atoms with Crippen molar-refractivity contribution in [3.05, 3.63) is 39.9 Å². The zero-order chi connectivity index (χ0) is 12.3. The lowest BCUT2D eigenvalue weighted by molar-refractivity contribution is -0.664. The summed E-state index contributed by atoms with van der Waals surface area (Å²) in [5.74, 6) is 0.273. The normalized spacial score (nSPS) is 20.8. The fourth-order valence-corrected chi connectivity index (χ4v) is 2.53. The van der Waals surface area contributed by atoms with Crippen LogP contribution in [-0.4, -0.2) is 18.4 Å². The Hall–Kier alpha value is -0.640. The Kier molecular flexibility index (Phi) is 6.06. The Morgan fingerprint density at radius 3 is 2.72 bits per heavy atom. The summed E-state index contributed by atoms with van der Waals surface area (Å²) in [6, 6.07) is 8.65. The number of nitrogens with two attached hydrogens (primary N) is 1. The molecule has 0 aliphatic carbocycles. The van der Waals surface area contributed by atoms with Crippen LogP contribution in [0.1, 0.15) is 25.3 Å². The minimum atomic E-state index is 0. The number of ketones is 1. The predicted molar refractivity (Wildman–Crippen MR) is 72.6 cm³/mol. The molecule has 18 heavy (non-hydrogen) atoms. The molecular formula is C14H17BrClNO. The van der Waals surface area contributed by atoms with Gasteiger partial charge in [-0.1, -0.05) is 28.1 Å². The van der Waals surface area contributed by atoms with E-state index in [2.05, 4.69) is 39.5 Å². The Labute approximate surface area is 122 Å². The molecule has 0 radical (unpaired) electrons. The van der Waals surface area contributed by atoms with E-state index < -0.39 is 0 Å². The van der Waals surface area contributed by atoms with Crippen molar-refractivity contribution in [2.45, 2.75) is 25.8 Å². The second-order valence-electron chi connectivity index (χ2n) is 4.56. The lowest BCUT2D eigenvalue weighted by Gasteiger charge is -2.07. The monoisotopic (exact) mass is 329 g/mol. The molecule has 0 bridgehead atoms. The largest absolute Gasteiger partial charge is 1.00 e. The summed E-state index contributed by atoms with van der Waals surface area (Å²) in [5, 5.41) is 2.27. The van der Waals surface area contributed by atoms with Crippen molar-refractivity contribution in [1.82, 2.24) is 0 Å². The standard InChI is InChI=1S/C14H16BrNO.ClH/c1-10(17)8-14-12(6-7-16-14)9-11-2-4-13(15)5-3-11;/h2-5,9,14,16H,6-8H2,1H3;1H/b12-9+;/t14-;/m0./s1. The van der Waals surface area contributed by atoms with Crippen molar-refractivity contribution in [3.63, 3.8) is 0 Å². The van der Waals surface area contributed by atoms with Crippen LogP contribution in [0, 0.1) is 0 Å². The number of quaternary nitrogens is 1. The average molecular weight is 331 g/mol. The summed E-state index contributed by atoms with van der Waals surface area (Å²) in [5.41, 5.74) is 2.61. The van der Waals surface area contributed by atoms with Gasteiger partial charge >= 0.3 is 0 Å². The number of hydrogen-bond donors (Lipinski definition) is 1. The fourth-order valence-electron chi connectivity index (χ4n) is 2.26. The summed E-state index contributed by atoms with van der Waals surface area (Å²) in [4.78, 5) is 11.2. The first-order chi connectivity index (χ1) is 8.15. The average Bonchev–Trinajstić information content (AvgIpc) is 2.68. The van der Waals surface area contributed by atoms with Gasteiger partial charge in [0.25, 0.3) is 0 Å². The van der Waals surface area contributed by atoms with Gasteiger partial charge in [0.1, 0.15) is 11.8 Å². The number of hydrogen-bond acceptors (Lipinski definition) is 1. The lowest BCUT2D eigenvalue weighted by Crippen LogP contribution is -3.00. The molecule has 0 amide bonds. The Morgan fingerprint density at radius 1 is 1.44 bits per heavy atom. The van der Waals surface area contributed by atoms with Crippen LogP contribution in [-0.2, 0) is 4.79 Å². The number of benzene rings is 1. The molecule has 1 aliphatic rings. The number of rotatable bonds is 3. The third-order valence-corrected chi connectivity index (χ3v) is 3.62. The van der Waals surface area contributed by atoms with Gasteiger partial charge in [0.05, 0.1) is 13.0 Å². The second-order valence-corrected chi connectivity index (χ2v) is 5.47. The highest BCUT2D eigenvalue weighted by Crippen LogP contribution is 2.18. The van der Waals surface area contributed by atoms with Crippen molar-refractivity contribution in [3.8, 4) is 0 Å². The van der Waals surface area contributed by atoms with Crippen LogP contribution < -0.4 is 17.7 Å². The topological polar surface area (TPSA) is 33.7 Å². The molecule has 98 valence electrons. The zero-order valence-corrected chi connectivity index (χ0v) is 12.7. The molecule has 1 aromatic carbocycles. The molecule has 1 saturated heterocycles. The molecule has 1 atom stereocenters. The summed E-state index contributed by atoms with van der Waals surface area (Å²) in [7, 11) is 0. The van der Waals surface area contributed by atoms with Crippen molar-refractivity contribution in [2.75, 3.05) is 6.54 Å². The summed E-state index contributed by atoms with van der Waals surface area (Å²) < 4.78 is 1.10. The van der Waals surface area contributed by atoms with E-state index in [9.17, 15) is 4.79 Å². The molecule has 0 aromatic heterocycles. The Bertz CT molecular complexity index is 442. The van der Waals surface area contributed by atoms with E-state index in [1.807, 2.05) is 12.1 Å². The van der Waals surface area contributed by atoms with E-state index in [0.29, 0.717) is 12.5 Å². The maximum atomic E-state index is 11.2. The van der Waals surface area contributed by atoms with Crippen molar-refractivity contribution < 1.29 is 22.5 Å². The van der Waals surface area contributed by atoms with E-state index in [1.165, 1.54) is 11.1 Å². The molecule has 2 N–H and O–H groups in total. The van der Waals surface area contributed by atoms with E-state index in [-0.39, 0.29) is 18.2 Å². The molecular weight excluding hydrogens is 314 g/mol. The van der Waals surface area contributed by atoms with Gasteiger partial charge in [-0.15, -0.1) is 0 Å². The zero-order valence-electron chi connectivity index (χ0n) is 10.3. The second kappa shape index (κ2) is 7.07. The van der Waals surface area contributed by atoms with Crippen LogP contribution in [0.2, 0.25) is 0 Å². The van der Waals surface area contributed by atoms with E-state index in [1.54, 1.807) is 6.92 Å². The number of halogens is 2. The molecule has 1 heterocycles. The van der Waals surface area contributed by atoms with Crippen LogP contribution >= 0.6 is 15.9 Å². The molecule has 2 rings (SSSR count). The highest BCUT2D eigenvalue weighted by molar-refractivity contribution is 9.10. The van der Waals surface area contributed by atoms with Gasteiger partial charge in [-0.25, -0.2) is 0 Å². The van der Waals surface area contributed by atoms with Crippen LogP contribution in [0.25, 0.3) is 6.08 Å².